The lowest BCUT2D eigenvalue weighted by molar-refractivity contribution is -0.126. The third kappa shape index (κ3) is 3.07. The maximum absolute atomic E-state index is 12.9. The number of benzene rings is 1. The Kier molecular flexibility index (Phi) is 4.40. The van der Waals surface area contributed by atoms with E-state index < -0.39 is 6.04 Å². The third-order valence-electron chi connectivity index (χ3n) is 7.14. The van der Waals surface area contributed by atoms with Crippen LogP contribution >= 0.6 is 0 Å². The van der Waals surface area contributed by atoms with Crippen LogP contribution in [0.15, 0.2) is 24.4 Å². The molecule has 1 saturated carbocycles. The van der Waals surface area contributed by atoms with Gasteiger partial charge in [0.15, 0.2) is 5.82 Å². The van der Waals surface area contributed by atoms with E-state index in [9.17, 15) is 14.4 Å². The molecule has 0 spiro atoms. The van der Waals surface area contributed by atoms with E-state index >= 15 is 0 Å². The molecule has 1 unspecified atom stereocenters. The minimum Gasteiger partial charge on any atom is -0.491 e. The number of anilines is 2. The number of ether oxygens (including phenoxy) is 1. The van der Waals surface area contributed by atoms with E-state index in [4.69, 9.17) is 15.5 Å². The van der Waals surface area contributed by atoms with Gasteiger partial charge in [-0.1, -0.05) is 0 Å². The minimum atomic E-state index is -0.472. The van der Waals surface area contributed by atoms with Crippen LogP contribution in [-0.2, 0) is 16.1 Å². The summed E-state index contributed by atoms with van der Waals surface area (Å²) in [6, 6.07) is 4.72. The summed E-state index contributed by atoms with van der Waals surface area (Å²) in [6.45, 7) is 1.78. The lowest BCUT2D eigenvalue weighted by atomic mass is 10.1. The lowest BCUT2D eigenvalue weighted by Crippen LogP contribution is -2.40. The van der Waals surface area contributed by atoms with Crippen LogP contribution in [0, 0.1) is 5.92 Å². The van der Waals surface area contributed by atoms with E-state index in [0.29, 0.717) is 30.5 Å². The normalized spacial score (nSPS) is 24.6. The van der Waals surface area contributed by atoms with Crippen molar-refractivity contribution in [1.82, 2.24) is 14.5 Å². The summed E-state index contributed by atoms with van der Waals surface area (Å²) in [6.07, 6.45) is 5.40. The summed E-state index contributed by atoms with van der Waals surface area (Å²) >= 11 is 0. The zero-order valence-corrected chi connectivity index (χ0v) is 18.4. The molecule has 4 heterocycles. The highest BCUT2D eigenvalue weighted by molar-refractivity contribution is 6.14. The highest BCUT2D eigenvalue weighted by atomic mass is 16.5. The standard InChI is InChI=1S/C23H26N6O4/c1-26-22(31)19(13-4-5-13)29(23(26)32)18-12-27-9-10-33-17-11-14(6-7-15(17)21(27)25-18)28-8-2-3-16(28)20(24)30/h6-7,11-13,16,19H,2-5,8-10H2,1H3,(H2,24,30)/t16-,19?/m0/s1. The van der Waals surface area contributed by atoms with Crippen LogP contribution in [0.25, 0.3) is 11.4 Å². The Balaban J connectivity index is 1.37. The van der Waals surface area contributed by atoms with Crippen molar-refractivity contribution in [1.29, 1.82) is 0 Å². The van der Waals surface area contributed by atoms with Crippen molar-refractivity contribution in [2.45, 2.75) is 44.3 Å². The first-order chi connectivity index (χ1) is 15.9. The average molecular weight is 450 g/mol. The van der Waals surface area contributed by atoms with Gasteiger partial charge in [-0.05, 0) is 43.7 Å². The molecule has 0 bridgehead atoms. The number of nitrogens with zero attached hydrogens (tertiary/aromatic N) is 5. The van der Waals surface area contributed by atoms with Crippen molar-refractivity contribution >= 4 is 29.4 Å². The van der Waals surface area contributed by atoms with Crippen LogP contribution < -0.4 is 20.3 Å². The summed E-state index contributed by atoms with van der Waals surface area (Å²) in [5, 5.41) is 0. The van der Waals surface area contributed by atoms with Gasteiger partial charge in [0.05, 0.1) is 12.1 Å². The quantitative estimate of drug-likeness (QED) is 0.708. The van der Waals surface area contributed by atoms with Crippen molar-refractivity contribution in [3.8, 4) is 17.1 Å². The summed E-state index contributed by atoms with van der Waals surface area (Å²) < 4.78 is 8.00. The molecule has 1 aliphatic carbocycles. The molecule has 10 nitrogen and oxygen atoms in total. The fraction of sp³-hybridized carbons (Fsp3) is 0.478. The fourth-order valence-corrected chi connectivity index (χ4v) is 5.27. The van der Waals surface area contributed by atoms with Crippen LogP contribution in [-0.4, -0.2) is 64.6 Å². The Labute approximate surface area is 190 Å². The highest BCUT2D eigenvalue weighted by Crippen LogP contribution is 2.42. The first-order valence-corrected chi connectivity index (χ1v) is 11.4. The predicted molar refractivity (Wildman–Crippen MR) is 120 cm³/mol. The Morgan fingerprint density at radius 1 is 1.18 bits per heavy atom. The number of imide groups is 1. The second-order valence-electron chi connectivity index (χ2n) is 9.23. The maximum Gasteiger partial charge on any atom is 0.332 e. The molecule has 2 atom stereocenters. The minimum absolute atomic E-state index is 0.159. The number of primary amides is 1. The van der Waals surface area contributed by atoms with E-state index in [1.54, 1.807) is 4.90 Å². The van der Waals surface area contributed by atoms with Crippen molar-refractivity contribution in [3.63, 3.8) is 0 Å². The van der Waals surface area contributed by atoms with Gasteiger partial charge in [-0.15, -0.1) is 0 Å². The SMILES string of the molecule is CN1C(=O)C(C2CC2)N(c2cn3c(n2)-c2ccc(N4CCC[C@H]4C(N)=O)cc2OCC3)C1=O. The van der Waals surface area contributed by atoms with E-state index in [0.717, 1.165) is 43.5 Å². The molecule has 0 radical (unpaired) electrons. The molecule has 2 saturated heterocycles. The largest absolute Gasteiger partial charge is 0.491 e. The number of hydrogen-bond acceptors (Lipinski definition) is 6. The number of likely N-dealkylation sites (N-methyl/N-ethyl adjacent to an activating group) is 1. The molecule has 10 heteroatoms. The Hall–Kier alpha value is -3.56. The molecule has 2 aromatic rings. The van der Waals surface area contributed by atoms with E-state index in [2.05, 4.69) is 0 Å². The molecule has 172 valence electrons. The van der Waals surface area contributed by atoms with Crippen molar-refractivity contribution < 1.29 is 19.1 Å². The number of hydrogen-bond donors (Lipinski definition) is 1. The van der Waals surface area contributed by atoms with E-state index in [1.165, 1.54) is 11.9 Å². The smallest absolute Gasteiger partial charge is 0.332 e. The molecule has 4 amide bonds. The highest BCUT2D eigenvalue weighted by Gasteiger charge is 2.52. The molecule has 33 heavy (non-hydrogen) atoms. The molecular formula is C23H26N6O4. The number of rotatable bonds is 4. The van der Waals surface area contributed by atoms with Gasteiger partial charge in [0, 0.05) is 31.5 Å². The number of amides is 4. The predicted octanol–water partition coefficient (Wildman–Crippen LogP) is 1.57. The molecule has 3 fully saturated rings. The topological polar surface area (TPSA) is 114 Å². The van der Waals surface area contributed by atoms with Gasteiger partial charge in [-0.2, -0.15) is 0 Å². The molecule has 3 aliphatic heterocycles. The first kappa shape index (κ1) is 20.1. The number of carbonyl (C=O) groups is 3. The van der Waals surface area contributed by atoms with Crippen molar-refractivity contribution in [2.75, 3.05) is 30.0 Å². The average Bonchev–Trinajstić information content (AvgIpc) is 3.33. The van der Waals surface area contributed by atoms with Crippen LogP contribution in [0.4, 0.5) is 16.3 Å². The van der Waals surface area contributed by atoms with Crippen molar-refractivity contribution in [3.05, 3.63) is 24.4 Å². The monoisotopic (exact) mass is 450 g/mol. The maximum atomic E-state index is 12.9. The lowest BCUT2D eigenvalue weighted by Gasteiger charge is -2.25. The number of carbonyl (C=O) groups excluding carboxylic acids is 3. The van der Waals surface area contributed by atoms with Gasteiger partial charge < -0.3 is 19.9 Å². The van der Waals surface area contributed by atoms with Crippen LogP contribution in [0.5, 0.6) is 5.75 Å². The second kappa shape index (κ2) is 7.23. The van der Waals surface area contributed by atoms with Crippen LogP contribution in [0.3, 0.4) is 0 Å². The molecule has 1 aromatic heterocycles. The Morgan fingerprint density at radius 2 is 2.00 bits per heavy atom. The van der Waals surface area contributed by atoms with Gasteiger partial charge in [0.1, 0.15) is 30.3 Å². The number of fused-ring (bicyclic) bond motifs is 3. The molecular weight excluding hydrogens is 424 g/mol. The van der Waals surface area contributed by atoms with Gasteiger partial charge in [0.2, 0.25) is 5.91 Å². The second-order valence-corrected chi connectivity index (χ2v) is 9.23. The van der Waals surface area contributed by atoms with Gasteiger partial charge in [-0.3, -0.25) is 19.4 Å². The Morgan fingerprint density at radius 3 is 2.76 bits per heavy atom. The first-order valence-electron chi connectivity index (χ1n) is 11.4. The molecule has 2 N–H and O–H groups in total. The Bertz CT molecular complexity index is 1170. The van der Waals surface area contributed by atoms with Gasteiger partial charge in [0.25, 0.3) is 5.91 Å². The van der Waals surface area contributed by atoms with Crippen LogP contribution in [0.2, 0.25) is 0 Å². The van der Waals surface area contributed by atoms with Gasteiger partial charge >= 0.3 is 6.03 Å². The van der Waals surface area contributed by atoms with Crippen LogP contribution in [0.1, 0.15) is 25.7 Å². The number of imidazole rings is 1. The number of nitrogens with two attached hydrogens (primary N) is 1. The summed E-state index contributed by atoms with van der Waals surface area (Å²) in [5.74, 6) is 1.59. The number of urea groups is 1. The van der Waals surface area contributed by atoms with Crippen molar-refractivity contribution in [2.24, 2.45) is 11.7 Å². The fourth-order valence-electron chi connectivity index (χ4n) is 5.27. The summed E-state index contributed by atoms with van der Waals surface area (Å²) in [5.41, 5.74) is 7.30. The third-order valence-corrected chi connectivity index (χ3v) is 7.14. The van der Waals surface area contributed by atoms with E-state index in [1.807, 2.05) is 33.9 Å². The molecule has 1 aromatic carbocycles. The van der Waals surface area contributed by atoms with Gasteiger partial charge in [-0.25, -0.2) is 9.78 Å². The zero-order valence-electron chi connectivity index (χ0n) is 18.4. The molecule has 6 rings (SSSR count). The van der Waals surface area contributed by atoms with E-state index in [-0.39, 0.29) is 29.8 Å². The summed E-state index contributed by atoms with van der Waals surface area (Å²) in [4.78, 5) is 47.0. The summed E-state index contributed by atoms with van der Waals surface area (Å²) in [7, 11) is 1.53. The number of aromatic nitrogens is 2. The zero-order chi connectivity index (χ0) is 22.9. The molecule has 4 aliphatic rings.